The van der Waals surface area contributed by atoms with Crippen LogP contribution in [0.25, 0.3) is 32.2 Å². The number of carbonyl (C=O) groups excluding carboxylic acids is 1. The molecule has 41 heavy (non-hydrogen) atoms. The first-order valence-corrected chi connectivity index (χ1v) is 14.0. The molecule has 5 aromatic rings. The SMILES string of the molecule is COc1ccc2nc(-c3cc(OC)c(OC)c(OC)c3)cc(C(=O)N[C@H](CCO)Cc3csc4ccccc34)c2c1. The van der Waals surface area contributed by atoms with E-state index < -0.39 is 0 Å². The fourth-order valence-electron chi connectivity index (χ4n) is 5.00. The highest BCUT2D eigenvalue weighted by atomic mass is 32.1. The lowest BCUT2D eigenvalue weighted by molar-refractivity contribution is 0.0932. The van der Waals surface area contributed by atoms with Crippen molar-refractivity contribution in [1.29, 1.82) is 0 Å². The van der Waals surface area contributed by atoms with Gasteiger partial charge in [0.1, 0.15) is 5.75 Å². The first-order chi connectivity index (χ1) is 20.0. The monoisotopic (exact) mass is 572 g/mol. The number of aliphatic hydroxyl groups is 1. The van der Waals surface area contributed by atoms with E-state index in [0.29, 0.717) is 63.6 Å². The smallest absolute Gasteiger partial charge is 0.252 e. The number of pyridine rings is 1. The van der Waals surface area contributed by atoms with Gasteiger partial charge in [0, 0.05) is 28.3 Å². The number of fused-ring (bicyclic) bond motifs is 2. The molecule has 8 nitrogen and oxygen atoms in total. The second-order valence-electron chi connectivity index (χ2n) is 9.50. The van der Waals surface area contributed by atoms with Crippen LogP contribution in [0.5, 0.6) is 23.0 Å². The summed E-state index contributed by atoms with van der Waals surface area (Å²) in [7, 11) is 6.24. The summed E-state index contributed by atoms with van der Waals surface area (Å²) >= 11 is 1.68. The first kappa shape index (κ1) is 28.2. The lowest BCUT2D eigenvalue weighted by Crippen LogP contribution is -2.37. The Morgan fingerprint density at radius 3 is 2.37 bits per heavy atom. The van der Waals surface area contributed by atoms with Gasteiger partial charge >= 0.3 is 0 Å². The van der Waals surface area contributed by atoms with Gasteiger partial charge in [-0.15, -0.1) is 11.3 Å². The minimum absolute atomic E-state index is 0.0470. The van der Waals surface area contributed by atoms with E-state index in [4.69, 9.17) is 23.9 Å². The number of ether oxygens (including phenoxy) is 4. The highest BCUT2D eigenvalue weighted by molar-refractivity contribution is 7.17. The van der Waals surface area contributed by atoms with E-state index in [-0.39, 0.29) is 18.6 Å². The molecule has 2 heterocycles. The number of aliphatic hydroxyl groups excluding tert-OH is 1. The van der Waals surface area contributed by atoms with E-state index in [1.807, 2.05) is 30.3 Å². The van der Waals surface area contributed by atoms with Gasteiger partial charge in [0.2, 0.25) is 5.75 Å². The van der Waals surface area contributed by atoms with Crippen LogP contribution < -0.4 is 24.3 Å². The lowest BCUT2D eigenvalue weighted by atomic mass is 10.00. The molecule has 0 saturated heterocycles. The van der Waals surface area contributed by atoms with Crippen LogP contribution in [0.2, 0.25) is 0 Å². The standard InChI is InChI=1S/C32H32N2O6S/c1-37-22-9-10-26-24(16-22)25(17-27(34-26)19-14-28(38-2)31(40-4)29(15-19)39-3)32(36)33-21(11-12-35)13-20-18-41-30-8-6-5-7-23(20)30/h5-10,14-18,21,35H,11-13H2,1-4H3,(H,33,36)/t21-/m1/s1. The van der Waals surface area contributed by atoms with Crippen molar-refractivity contribution >= 4 is 38.2 Å². The molecular weight excluding hydrogens is 540 g/mol. The topological polar surface area (TPSA) is 99.1 Å². The highest BCUT2D eigenvalue weighted by Gasteiger charge is 2.21. The molecule has 2 aromatic heterocycles. The van der Waals surface area contributed by atoms with Gasteiger partial charge in [-0.1, -0.05) is 18.2 Å². The van der Waals surface area contributed by atoms with Crippen LogP contribution >= 0.6 is 11.3 Å². The summed E-state index contributed by atoms with van der Waals surface area (Å²) in [4.78, 5) is 18.8. The summed E-state index contributed by atoms with van der Waals surface area (Å²) < 4.78 is 23.2. The Morgan fingerprint density at radius 2 is 1.68 bits per heavy atom. The number of rotatable bonds is 11. The Kier molecular flexibility index (Phi) is 8.56. The van der Waals surface area contributed by atoms with Gasteiger partial charge < -0.3 is 29.4 Å². The van der Waals surface area contributed by atoms with Crippen LogP contribution in [-0.2, 0) is 6.42 Å². The second-order valence-corrected chi connectivity index (χ2v) is 10.4. The Hall–Kier alpha value is -4.34. The molecule has 3 aromatic carbocycles. The van der Waals surface area contributed by atoms with Crippen LogP contribution in [0, 0.1) is 0 Å². The first-order valence-electron chi connectivity index (χ1n) is 13.2. The maximum atomic E-state index is 13.9. The number of nitrogens with zero attached hydrogens (tertiary/aromatic N) is 1. The average Bonchev–Trinajstić information content (AvgIpc) is 3.41. The van der Waals surface area contributed by atoms with Crippen LogP contribution in [0.3, 0.4) is 0 Å². The van der Waals surface area contributed by atoms with Crippen molar-refractivity contribution in [1.82, 2.24) is 10.3 Å². The molecule has 0 spiro atoms. The summed E-state index contributed by atoms with van der Waals surface area (Å²) in [6.45, 7) is -0.0470. The van der Waals surface area contributed by atoms with E-state index in [1.165, 1.54) is 10.1 Å². The Bertz CT molecular complexity index is 1670. The highest BCUT2D eigenvalue weighted by Crippen LogP contribution is 2.41. The zero-order valence-corrected chi connectivity index (χ0v) is 24.2. The molecule has 0 fully saturated rings. The van der Waals surface area contributed by atoms with Crippen molar-refractivity contribution in [2.45, 2.75) is 18.9 Å². The third-order valence-corrected chi connectivity index (χ3v) is 8.07. The summed E-state index contributed by atoms with van der Waals surface area (Å²) in [6.07, 6.45) is 1.02. The minimum Gasteiger partial charge on any atom is -0.497 e. The van der Waals surface area contributed by atoms with Crippen molar-refractivity contribution in [3.63, 3.8) is 0 Å². The molecule has 0 aliphatic rings. The molecule has 0 radical (unpaired) electrons. The summed E-state index contributed by atoms with van der Waals surface area (Å²) in [5.74, 6) is 1.78. The maximum Gasteiger partial charge on any atom is 0.252 e. The van der Waals surface area contributed by atoms with Crippen molar-refractivity contribution in [2.24, 2.45) is 0 Å². The van der Waals surface area contributed by atoms with E-state index in [9.17, 15) is 9.90 Å². The van der Waals surface area contributed by atoms with Crippen molar-refractivity contribution in [3.8, 4) is 34.3 Å². The number of nitrogens with one attached hydrogen (secondary N) is 1. The van der Waals surface area contributed by atoms with Gasteiger partial charge in [0.15, 0.2) is 11.5 Å². The summed E-state index contributed by atoms with van der Waals surface area (Å²) in [5, 5.41) is 16.9. The van der Waals surface area contributed by atoms with Gasteiger partial charge in [-0.2, -0.15) is 0 Å². The molecule has 0 unspecified atom stereocenters. The van der Waals surface area contributed by atoms with Crippen LogP contribution in [0.15, 0.2) is 66.0 Å². The van der Waals surface area contributed by atoms with Crippen LogP contribution in [-0.4, -0.2) is 57.1 Å². The van der Waals surface area contributed by atoms with Crippen molar-refractivity contribution in [3.05, 3.63) is 77.2 Å². The molecule has 0 aliphatic heterocycles. The molecule has 0 aliphatic carbocycles. The number of hydrogen-bond donors (Lipinski definition) is 2. The second kappa shape index (κ2) is 12.4. The normalized spacial score (nSPS) is 11.8. The third-order valence-electron chi connectivity index (χ3n) is 7.06. The predicted molar refractivity (Wildman–Crippen MR) is 162 cm³/mol. The molecule has 0 saturated carbocycles. The molecule has 0 bridgehead atoms. The van der Waals surface area contributed by atoms with Crippen LogP contribution in [0.4, 0.5) is 0 Å². The lowest BCUT2D eigenvalue weighted by Gasteiger charge is -2.19. The fourth-order valence-corrected chi connectivity index (χ4v) is 5.97. The average molecular weight is 573 g/mol. The zero-order valence-electron chi connectivity index (χ0n) is 23.4. The molecular formula is C32H32N2O6S. The molecule has 9 heteroatoms. The van der Waals surface area contributed by atoms with E-state index >= 15 is 0 Å². The Labute approximate surface area is 242 Å². The minimum atomic E-state index is -0.274. The number of amides is 1. The fraction of sp³-hybridized carbons (Fsp3) is 0.250. The van der Waals surface area contributed by atoms with Gasteiger partial charge in [-0.3, -0.25) is 4.79 Å². The van der Waals surface area contributed by atoms with Gasteiger partial charge in [0.25, 0.3) is 5.91 Å². The molecule has 5 rings (SSSR count). The maximum absolute atomic E-state index is 13.9. The van der Waals surface area contributed by atoms with Gasteiger partial charge in [0.05, 0.1) is 45.2 Å². The Balaban J connectivity index is 1.56. The van der Waals surface area contributed by atoms with E-state index in [0.717, 1.165) is 5.56 Å². The number of carbonyl (C=O) groups is 1. The number of methoxy groups -OCH3 is 4. The third kappa shape index (κ3) is 5.77. The number of hydrogen-bond acceptors (Lipinski definition) is 8. The van der Waals surface area contributed by atoms with Crippen molar-refractivity contribution < 1.29 is 28.8 Å². The zero-order chi connectivity index (χ0) is 28.9. The van der Waals surface area contributed by atoms with E-state index in [2.05, 4.69) is 22.8 Å². The van der Waals surface area contributed by atoms with Crippen molar-refractivity contribution in [2.75, 3.05) is 35.0 Å². The molecule has 2 N–H and O–H groups in total. The number of thiophene rings is 1. The number of aromatic nitrogens is 1. The quantitative estimate of drug-likeness (QED) is 0.204. The Morgan fingerprint density at radius 1 is 0.927 bits per heavy atom. The predicted octanol–water partition coefficient (Wildman–Crippen LogP) is 5.87. The number of benzene rings is 3. The molecule has 1 amide bonds. The summed E-state index contributed by atoms with van der Waals surface area (Å²) in [5.41, 5.74) is 3.47. The summed E-state index contributed by atoms with van der Waals surface area (Å²) in [6, 6.07) is 18.7. The molecule has 1 atom stereocenters. The van der Waals surface area contributed by atoms with Crippen LogP contribution in [0.1, 0.15) is 22.3 Å². The van der Waals surface area contributed by atoms with E-state index in [1.54, 1.807) is 58.0 Å². The largest absolute Gasteiger partial charge is 0.497 e. The van der Waals surface area contributed by atoms with Gasteiger partial charge in [-0.05, 0) is 71.6 Å². The van der Waals surface area contributed by atoms with Gasteiger partial charge in [-0.25, -0.2) is 4.98 Å². The molecule has 212 valence electrons.